The first-order chi connectivity index (χ1) is 25.6. The van der Waals surface area contributed by atoms with Crippen molar-refractivity contribution in [3.05, 3.63) is 98.9 Å². The number of ether oxygens (including phenoxy) is 1. The van der Waals surface area contributed by atoms with E-state index in [-0.39, 0.29) is 36.8 Å². The molecule has 3 fully saturated rings. The van der Waals surface area contributed by atoms with Gasteiger partial charge in [-0.15, -0.1) is 0 Å². The van der Waals surface area contributed by atoms with Crippen molar-refractivity contribution in [2.45, 2.75) is 76.2 Å². The van der Waals surface area contributed by atoms with Crippen LogP contribution in [-0.2, 0) is 22.7 Å². The number of hydrogen-bond acceptors (Lipinski definition) is 8. The Hall–Kier alpha value is -5.25. The molecular weight excluding hydrogens is 696 g/mol. The van der Waals surface area contributed by atoms with Crippen molar-refractivity contribution in [3.8, 4) is 5.75 Å². The number of hydrogen-bond donors (Lipinski definition) is 2. The maximum absolute atomic E-state index is 13.3. The first kappa shape index (κ1) is 34.8. The molecule has 0 aromatic heterocycles. The van der Waals surface area contributed by atoms with Crippen LogP contribution in [0.15, 0.2) is 54.6 Å². The van der Waals surface area contributed by atoms with Gasteiger partial charge in [0.15, 0.2) is 0 Å². The highest BCUT2D eigenvalue weighted by Gasteiger charge is 2.45. The summed E-state index contributed by atoms with van der Waals surface area (Å²) in [5, 5.41) is 5.77. The third-order valence-corrected chi connectivity index (χ3v) is 11.5. The minimum atomic E-state index is -0.962. The lowest BCUT2D eigenvalue weighted by molar-refractivity contribution is -0.136. The number of halogens is 1. The van der Waals surface area contributed by atoms with Gasteiger partial charge in [-0.25, -0.2) is 4.85 Å². The van der Waals surface area contributed by atoms with Gasteiger partial charge < -0.3 is 15.0 Å². The number of nitrogens with zero attached hydrogens (tertiary/aromatic N) is 4. The van der Waals surface area contributed by atoms with Crippen molar-refractivity contribution in [2.24, 2.45) is 5.92 Å². The number of imide groups is 2. The summed E-state index contributed by atoms with van der Waals surface area (Å²) in [5.41, 5.74) is 4.86. The van der Waals surface area contributed by atoms with Gasteiger partial charge >= 0.3 is 0 Å². The molecule has 4 heterocycles. The lowest BCUT2D eigenvalue weighted by atomic mass is 9.95. The van der Waals surface area contributed by atoms with Crippen LogP contribution >= 0.6 is 11.6 Å². The Labute approximate surface area is 312 Å². The van der Waals surface area contributed by atoms with E-state index in [2.05, 4.69) is 25.3 Å². The molecule has 272 valence electrons. The molecule has 2 N–H and O–H groups in total. The highest BCUT2D eigenvalue weighted by molar-refractivity contribution is 6.33. The average molecular weight is 735 g/mol. The van der Waals surface area contributed by atoms with E-state index in [9.17, 15) is 24.0 Å². The first-order valence-electron chi connectivity index (χ1n) is 18.2. The van der Waals surface area contributed by atoms with Crippen LogP contribution in [0.4, 0.5) is 11.4 Å². The van der Waals surface area contributed by atoms with Gasteiger partial charge in [0.05, 0.1) is 22.7 Å². The van der Waals surface area contributed by atoms with Crippen LogP contribution in [0.3, 0.4) is 0 Å². The number of rotatable bonds is 8. The number of benzene rings is 3. The van der Waals surface area contributed by atoms with Crippen LogP contribution < -0.4 is 20.3 Å². The minimum Gasteiger partial charge on any atom is -0.490 e. The van der Waals surface area contributed by atoms with Crippen molar-refractivity contribution in [3.63, 3.8) is 0 Å². The number of anilines is 1. The Morgan fingerprint density at radius 1 is 0.906 bits per heavy atom. The van der Waals surface area contributed by atoms with Gasteiger partial charge in [-0.1, -0.05) is 17.7 Å². The predicted octanol–water partition coefficient (Wildman–Crippen LogP) is 5.25. The second-order valence-electron chi connectivity index (χ2n) is 14.7. The van der Waals surface area contributed by atoms with Gasteiger partial charge in [-0.2, -0.15) is 0 Å². The zero-order valence-corrected chi connectivity index (χ0v) is 29.9. The van der Waals surface area contributed by atoms with E-state index < -0.39 is 23.8 Å². The van der Waals surface area contributed by atoms with E-state index in [4.69, 9.17) is 22.9 Å². The number of carbonyl (C=O) groups excluding carboxylic acids is 5. The lowest BCUT2D eigenvalue weighted by Gasteiger charge is -2.35. The Balaban J connectivity index is 0.793. The summed E-state index contributed by atoms with van der Waals surface area (Å²) < 4.78 is 6.07. The third kappa shape index (κ3) is 6.99. The third-order valence-electron chi connectivity index (χ3n) is 11.2. The van der Waals surface area contributed by atoms with Gasteiger partial charge in [0.1, 0.15) is 17.9 Å². The van der Waals surface area contributed by atoms with Crippen molar-refractivity contribution in [2.75, 3.05) is 24.5 Å². The highest BCUT2D eigenvalue weighted by Crippen LogP contribution is 2.35. The SMILES string of the molecule is [C-]#[N+]c1ccc(O[C@H]2CC[C@H](NC(=O)c3ccc(N4CCC(CN5Cc6cc7c(cc6C5)C(=O)N(C5CCC(=O)NC5=O)C7=O)CC4)cc3)C2)cc1Cl. The molecule has 5 aliphatic rings. The van der Waals surface area contributed by atoms with Crippen LogP contribution in [0.25, 0.3) is 4.85 Å². The monoisotopic (exact) mass is 734 g/mol. The van der Waals surface area contributed by atoms with Gasteiger partial charge in [0, 0.05) is 62.9 Å². The van der Waals surface area contributed by atoms with Gasteiger partial charge in [0.25, 0.3) is 17.7 Å². The molecule has 1 aliphatic carbocycles. The molecule has 3 atom stereocenters. The second-order valence-corrected chi connectivity index (χ2v) is 15.1. The van der Waals surface area contributed by atoms with Crippen molar-refractivity contribution in [1.82, 2.24) is 20.4 Å². The van der Waals surface area contributed by atoms with Crippen molar-refractivity contribution < 1.29 is 28.7 Å². The Kier molecular flexibility index (Phi) is 9.39. The van der Waals surface area contributed by atoms with E-state index >= 15 is 0 Å². The molecular formula is C40H39ClN6O6. The normalized spacial score (nSPS) is 23.1. The van der Waals surface area contributed by atoms with Gasteiger partial charge in [0.2, 0.25) is 17.5 Å². The molecule has 53 heavy (non-hydrogen) atoms. The molecule has 0 radical (unpaired) electrons. The molecule has 3 aromatic rings. The van der Waals surface area contributed by atoms with E-state index in [0.29, 0.717) is 58.6 Å². The second kappa shape index (κ2) is 14.3. The summed E-state index contributed by atoms with van der Waals surface area (Å²) in [6.07, 6.45) is 4.63. The predicted molar refractivity (Wildman–Crippen MR) is 196 cm³/mol. The fraction of sp³-hybridized carbons (Fsp3) is 0.400. The number of amides is 5. The number of nitrogens with one attached hydrogen (secondary N) is 2. The molecule has 8 rings (SSSR count). The molecule has 0 spiro atoms. The van der Waals surface area contributed by atoms with Crippen LogP contribution in [-0.4, -0.2) is 77.2 Å². The largest absolute Gasteiger partial charge is 0.490 e. The molecule has 1 saturated carbocycles. The molecule has 2 saturated heterocycles. The van der Waals surface area contributed by atoms with Gasteiger partial charge in [-0.05, 0) is 97.7 Å². The summed E-state index contributed by atoms with van der Waals surface area (Å²) >= 11 is 6.15. The van der Waals surface area contributed by atoms with E-state index in [1.807, 2.05) is 36.4 Å². The summed E-state index contributed by atoms with van der Waals surface area (Å²) in [6.45, 7) is 11.3. The number of piperidine rings is 2. The smallest absolute Gasteiger partial charge is 0.262 e. The number of carbonyl (C=O) groups is 5. The maximum atomic E-state index is 13.3. The quantitative estimate of drug-likeness (QED) is 0.237. The molecule has 1 unspecified atom stereocenters. The highest BCUT2D eigenvalue weighted by atomic mass is 35.5. The van der Waals surface area contributed by atoms with Crippen molar-refractivity contribution >= 4 is 52.5 Å². The maximum Gasteiger partial charge on any atom is 0.262 e. The van der Waals surface area contributed by atoms with Crippen molar-refractivity contribution in [1.29, 1.82) is 0 Å². The summed E-state index contributed by atoms with van der Waals surface area (Å²) in [6, 6.07) is 15.6. The summed E-state index contributed by atoms with van der Waals surface area (Å²) in [7, 11) is 0. The standard InChI is InChI=1S/C40H39ClN6O6/c1-42-34-9-8-30(19-33(34)41)53-29-7-4-27(18-29)43-37(49)24-2-5-28(6-3-24)46-14-12-23(13-15-46)20-45-21-25-16-31-32(17-26(25)22-45)40(52)47(39(31)51)35-10-11-36(48)44-38(35)50/h2-3,5-6,8-9,16-17,19,23,27,29,35H,4,7,10-15,18,20-22H2,(H,43,49)(H,44,48,50)/t27-,29-,35?/m0/s1. The summed E-state index contributed by atoms with van der Waals surface area (Å²) in [4.78, 5) is 72.8. The van der Waals surface area contributed by atoms with Crippen LogP contribution in [0.1, 0.15) is 87.1 Å². The molecule has 13 heteroatoms. The van der Waals surface area contributed by atoms with Crippen LogP contribution in [0, 0.1) is 12.5 Å². The molecule has 12 nitrogen and oxygen atoms in total. The topological polar surface area (TPSA) is 133 Å². The lowest BCUT2D eigenvalue weighted by Crippen LogP contribution is -2.54. The van der Waals surface area contributed by atoms with Crippen LogP contribution in [0.2, 0.25) is 5.02 Å². The molecule has 0 bridgehead atoms. The first-order valence-corrected chi connectivity index (χ1v) is 18.6. The minimum absolute atomic E-state index is 0.0220. The zero-order valence-electron chi connectivity index (χ0n) is 29.1. The fourth-order valence-electron chi connectivity index (χ4n) is 8.42. The van der Waals surface area contributed by atoms with E-state index in [0.717, 1.165) is 67.0 Å². The zero-order chi connectivity index (χ0) is 36.8. The van der Waals surface area contributed by atoms with E-state index in [1.165, 1.54) is 0 Å². The molecule has 5 amide bonds. The number of fused-ring (bicyclic) bond motifs is 2. The molecule has 4 aliphatic heterocycles. The average Bonchev–Trinajstić information content (AvgIpc) is 3.83. The summed E-state index contributed by atoms with van der Waals surface area (Å²) in [5.74, 6) is -0.883. The van der Waals surface area contributed by atoms with Crippen LogP contribution in [0.5, 0.6) is 5.75 Å². The molecule has 3 aromatic carbocycles. The van der Waals surface area contributed by atoms with Gasteiger partial charge in [-0.3, -0.25) is 39.1 Å². The Bertz CT molecular complexity index is 2010. The van der Waals surface area contributed by atoms with E-state index in [1.54, 1.807) is 18.2 Å². The fourth-order valence-corrected chi connectivity index (χ4v) is 8.63. The Morgan fingerprint density at radius 3 is 2.25 bits per heavy atom. The Morgan fingerprint density at radius 2 is 1.60 bits per heavy atom.